The van der Waals surface area contributed by atoms with E-state index in [0.29, 0.717) is 17.6 Å². The molecule has 0 saturated carbocycles. The summed E-state index contributed by atoms with van der Waals surface area (Å²) >= 11 is 0. The van der Waals surface area contributed by atoms with Crippen molar-refractivity contribution in [3.8, 4) is 0 Å². The molecule has 0 spiro atoms. The second-order valence-electron chi connectivity index (χ2n) is 4.73. The molecule has 2 heterocycles. The lowest BCUT2D eigenvalue weighted by atomic mass is 10.0. The van der Waals surface area contributed by atoms with Crippen LogP contribution in [0.15, 0.2) is 4.52 Å². The smallest absolute Gasteiger partial charge is 0.243 e. The minimum Gasteiger partial charge on any atom is -0.370 e. The molecule has 2 atom stereocenters. The molecule has 1 aliphatic heterocycles. The summed E-state index contributed by atoms with van der Waals surface area (Å²) in [5, 5.41) is 3.94. The topological polar surface area (TPSA) is 74.2 Å². The third kappa shape index (κ3) is 2.59. The molecule has 5 heteroatoms. The van der Waals surface area contributed by atoms with Gasteiger partial charge in [-0.3, -0.25) is 0 Å². The van der Waals surface area contributed by atoms with Gasteiger partial charge < -0.3 is 15.0 Å². The van der Waals surface area contributed by atoms with Crippen LogP contribution in [0.4, 0.5) is 0 Å². The van der Waals surface area contributed by atoms with E-state index in [4.69, 9.17) is 15.0 Å². The van der Waals surface area contributed by atoms with E-state index in [1.807, 2.05) is 0 Å². The predicted molar refractivity (Wildman–Crippen MR) is 58.6 cm³/mol. The first-order valence-electron chi connectivity index (χ1n) is 5.87. The fraction of sp³-hybridized carbons (Fsp3) is 0.818. The molecular weight excluding hydrogens is 206 g/mol. The number of aromatic nitrogens is 2. The van der Waals surface area contributed by atoms with Crippen molar-refractivity contribution in [3.63, 3.8) is 0 Å². The number of hydrogen-bond acceptors (Lipinski definition) is 5. The van der Waals surface area contributed by atoms with E-state index in [0.717, 1.165) is 25.9 Å². The first-order chi connectivity index (χ1) is 7.66. The van der Waals surface area contributed by atoms with E-state index >= 15 is 0 Å². The standard InChI is InChI=1S/C11H19N3O2/c1-7(2)6-8(12)11-13-10(14-16-11)9-4-3-5-15-9/h7-9H,3-6,12H2,1-2H3. The molecule has 2 unspecified atom stereocenters. The Hall–Kier alpha value is -0.940. The molecule has 0 aliphatic carbocycles. The summed E-state index contributed by atoms with van der Waals surface area (Å²) in [6.07, 6.45) is 2.89. The van der Waals surface area contributed by atoms with E-state index in [2.05, 4.69) is 24.0 Å². The van der Waals surface area contributed by atoms with Crippen LogP contribution in [0.25, 0.3) is 0 Å². The molecule has 16 heavy (non-hydrogen) atoms. The highest BCUT2D eigenvalue weighted by Crippen LogP contribution is 2.27. The Balaban J connectivity index is 2.00. The summed E-state index contributed by atoms with van der Waals surface area (Å²) < 4.78 is 10.7. The fourth-order valence-corrected chi connectivity index (χ4v) is 1.92. The van der Waals surface area contributed by atoms with E-state index in [9.17, 15) is 0 Å². The van der Waals surface area contributed by atoms with E-state index in [1.165, 1.54) is 0 Å². The quantitative estimate of drug-likeness (QED) is 0.847. The van der Waals surface area contributed by atoms with Crippen LogP contribution in [0, 0.1) is 5.92 Å². The Morgan fingerprint density at radius 1 is 1.50 bits per heavy atom. The van der Waals surface area contributed by atoms with Crippen molar-refractivity contribution in [2.45, 2.75) is 45.3 Å². The molecule has 1 fully saturated rings. The van der Waals surface area contributed by atoms with Crippen molar-refractivity contribution in [1.82, 2.24) is 10.1 Å². The van der Waals surface area contributed by atoms with Crippen molar-refractivity contribution in [1.29, 1.82) is 0 Å². The number of ether oxygens (including phenoxy) is 1. The Labute approximate surface area is 95.3 Å². The zero-order valence-corrected chi connectivity index (χ0v) is 9.85. The molecule has 0 aromatic carbocycles. The monoisotopic (exact) mass is 225 g/mol. The fourth-order valence-electron chi connectivity index (χ4n) is 1.92. The second-order valence-corrected chi connectivity index (χ2v) is 4.73. The van der Waals surface area contributed by atoms with Crippen LogP contribution in [0.1, 0.15) is 57.0 Å². The lowest BCUT2D eigenvalue weighted by Gasteiger charge is -2.08. The number of hydrogen-bond donors (Lipinski definition) is 1. The molecule has 0 radical (unpaired) electrons. The van der Waals surface area contributed by atoms with E-state index in [-0.39, 0.29) is 12.1 Å². The molecule has 0 amide bonds. The van der Waals surface area contributed by atoms with Gasteiger partial charge in [0.15, 0.2) is 0 Å². The number of nitrogens with zero attached hydrogens (tertiary/aromatic N) is 2. The molecule has 1 saturated heterocycles. The van der Waals surface area contributed by atoms with Crippen LogP contribution in [-0.4, -0.2) is 16.7 Å². The van der Waals surface area contributed by atoms with Crippen molar-refractivity contribution in [2.24, 2.45) is 11.7 Å². The maximum Gasteiger partial charge on any atom is 0.243 e. The van der Waals surface area contributed by atoms with Gasteiger partial charge in [0.05, 0.1) is 6.04 Å². The van der Waals surface area contributed by atoms with Gasteiger partial charge in [0.2, 0.25) is 11.7 Å². The Bertz CT molecular complexity index is 332. The lowest BCUT2D eigenvalue weighted by molar-refractivity contribution is 0.103. The van der Waals surface area contributed by atoms with Crippen LogP contribution in [0.5, 0.6) is 0 Å². The van der Waals surface area contributed by atoms with Gasteiger partial charge in [-0.25, -0.2) is 0 Å². The van der Waals surface area contributed by atoms with Crippen molar-refractivity contribution >= 4 is 0 Å². The summed E-state index contributed by atoms with van der Waals surface area (Å²) in [5.74, 6) is 1.69. The number of rotatable bonds is 4. The Morgan fingerprint density at radius 2 is 2.31 bits per heavy atom. The summed E-state index contributed by atoms with van der Waals surface area (Å²) in [5.41, 5.74) is 5.97. The minimum absolute atomic E-state index is 0.00347. The van der Waals surface area contributed by atoms with Crippen LogP contribution in [0.2, 0.25) is 0 Å². The van der Waals surface area contributed by atoms with Gasteiger partial charge >= 0.3 is 0 Å². The minimum atomic E-state index is -0.164. The molecule has 1 aromatic rings. The molecule has 2 rings (SSSR count). The van der Waals surface area contributed by atoms with Gasteiger partial charge in [-0.15, -0.1) is 0 Å². The zero-order chi connectivity index (χ0) is 11.5. The van der Waals surface area contributed by atoms with Crippen LogP contribution < -0.4 is 5.73 Å². The van der Waals surface area contributed by atoms with Gasteiger partial charge in [-0.1, -0.05) is 19.0 Å². The van der Waals surface area contributed by atoms with Crippen LogP contribution in [-0.2, 0) is 4.74 Å². The van der Waals surface area contributed by atoms with Crippen LogP contribution in [0.3, 0.4) is 0 Å². The third-order valence-corrected chi connectivity index (χ3v) is 2.72. The normalized spacial score (nSPS) is 22.9. The summed E-state index contributed by atoms with van der Waals surface area (Å²) in [7, 11) is 0. The summed E-state index contributed by atoms with van der Waals surface area (Å²) in [4.78, 5) is 4.32. The summed E-state index contributed by atoms with van der Waals surface area (Å²) in [6.45, 7) is 5.03. The molecule has 5 nitrogen and oxygen atoms in total. The predicted octanol–water partition coefficient (Wildman–Crippen LogP) is 1.97. The van der Waals surface area contributed by atoms with Gasteiger partial charge in [0.1, 0.15) is 6.10 Å². The van der Waals surface area contributed by atoms with Crippen molar-refractivity contribution in [2.75, 3.05) is 6.61 Å². The highest BCUT2D eigenvalue weighted by Gasteiger charge is 2.24. The zero-order valence-electron chi connectivity index (χ0n) is 9.85. The Morgan fingerprint density at radius 3 is 2.94 bits per heavy atom. The average molecular weight is 225 g/mol. The number of nitrogens with two attached hydrogens (primary N) is 1. The molecular formula is C11H19N3O2. The SMILES string of the molecule is CC(C)CC(N)c1nc(C2CCCO2)no1. The second kappa shape index (κ2) is 4.93. The van der Waals surface area contributed by atoms with Gasteiger partial charge in [-0.2, -0.15) is 4.98 Å². The van der Waals surface area contributed by atoms with E-state index in [1.54, 1.807) is 0 Å². The largest absolute Gasteiger partial charge is 0.370 e. The highest BCUT2D eigenvalue weighted by atomic mass is 16.5. The van der Waals surface area contributed by atoms with Crippen molar-refractivity contribution in [3.05, 3.63) is 11.7 Å². The van der Waals surface area contributed by atoms with Crippen molar-refractivity contribution < 1.29 is 9.26 Å². The van der Waals surface area contributed by atoms with Gasteiger partial charge in [0, 0.05) is 6.61 Å². The molecule has 1 aromatic heterocycles. The molecule has 2 N–H and O–H groups in total. The van der Waals surface area contributed by atoms with Gasteiger partial charge in [-0.05, 0) is 25.2 Å². The summed E-state index contributed by atoms with van der Waals surface area (Å²) in [6, 6.07) is -0.164. The maximum absolute atomic E-state index is 5.97. The van der Waals surface area contributed by atoms with Crippen LogP contribution >= 0.6 is 0 Å². The maximum atomic E-state index is 5.97. The lowest BCUT2D eigenvalue weighted by Crippen LogP contribution is -2.13. The first kappa shape index (κ1) is 11.5. The Kier molecular flexibility index (Phi) is 3.56. The molecule has 1 aliphatic rings. The highest BCUT2D eigenvalue weighted by molar-refractivity contribution is 4.96. The average Bonchev–Trinajstić information content (AvgIpc) is 2.87. The third-order valence-electron chi connectivity index (χ3n) is 2.72. The first-order valence-corrected chi connectivity index (χ1v) is 5.87. The molecule has 90 valence electrons. The van der Waals surface area contributed by atoms with Gasteiger partial charge in [0.25, 0.3) is 0 Å². The van der Waals surface area contributed by atoms with E-state index < -0.39 is 0 Å². The molecule has 0 bridgehead atoms.